The van der Waals surface area contributed by atoms with E-state index in [0.717, 1.165) is 62.4 Å². The number of aromatic nitrogens is 4. The van der Waals surface area contributed by atoms with Gasteiger partial charge in [-0.3, -0.25) is 23.5 Å². The van der Waals surface area contributed by atoms with Crippen LogP contribution in [0.5, 0.6) is 0 Å². The molecule has 0 bridgehead atoms. The summed E-state index contributed by atoms with van der Waals surface area (Å²) in [4.78, 5) is 58.5. The van der Waals surface area contributed by atoms with Crippen molar-refractivity contribution in [1.82, 2.24) is 28.9 Å². The van der Waals surface area contributed by atoms with E-state index in [9.17, 15) is 19.2 Å². The van der Waals surface area contributed by atoms with Gasteiger partial charge in [-0.2, -0.15) is 0 Å². The van der Waals surface area contributed by atoms with Crippen molar-refractivity contribution in [3.63, 3.8) is 0 Å². The lowest BCUT2D eigenvalue weighted by Crippen LogP contribution is -2.55. The Hall–Kier alpha value is -2.91. The van der Waals surface area contributed by atoms with Crippen molar-refractivity contribution in [2.45, 2.75) is 102 Å². The van der Waals surface area contributed by atoms with Crippen LogP contribution in [0.15, 0.2) is 15.9 Å². The number of carbonyl (C=O) groups excluding carboxylic acids is 2. The first kappa shape index (κ1) is 25.2. The molecule has 0 radical (unpaired) electrons. The molecule has 0 aromatic carbocycles. The SMILES string of the molecule is CCCC(C(=O)NC1CCCCC1)N(C(=O)Cn1cnc2c1c(=O)n(C)c(=O)n2C)C1CCCC1. The van der Waals surface area contributed by atoms with Crippen molar-refractivity contribution in [3.05, 3.63) is 27.2 Å². The Morgan fingerprint density at radius 1 is 1.06 bits per heavy atom. The number of hydrogen-bond acceptors (Lipinski definition) is 5. The minimum absolute atomic E-state index is 0.0122. The molecule has 0 aliphatic heterocycles. The van der Waals surface area contributed by atoms with Gasteiger partial charge in [0, 0.05) is 26.2 Å². The molecule has 35 heavy (non-hydrogen) atoms. The standard InChI is InChI=1S/C25H38N6O4/c1-4-10-19(23(33)27-17-11-6-5-7-12-17)31(18-13-8-9-14-18)20(32)15-30-16-26-22-21(30)24(34)29(3)25(35)28(22)2/h16-19H,4-15H2,1-3H3,(H,27,33). The lowest BCUT2D eigenvalue weighted by molar-refractivity contribution is -0.144. The van der Waals surface area contributed by atoms with Crippen molar-refractivity contribution < 1.29 is 9.59 Å². The highest BCUT2D eigenvalue weighted by Crippen LogP contribution is 2.28. The predicted octanol–water partition coefficient (Wildman–Crippen LogP) is 1.82. The summed E-state index contributed by atoms with van der Waals surface area (Å²) >= 11 is 0. The molecule has 2 saturated carbocycles. The van der Waals surface area contributed by atoms with Gasteiger partial charge >= 0.3 is 5.69 Å². The lowest BCUT2D eigenvalue weighted by Gasteiger charge is -2.37. The molecule has 2 amide bonds. The van der Waals surface area contributed by atoms with Crippen molar-refractivity contribution in [1.29, 1.82) is 0 Å². The van der Waals surface area contributed by atoms with E-state index < -0.39 is 17.3 Å². The number of nitrogens with zero attached hydrogens (tertiary/aromatic N) is 5. The summed E-state index contributed by atoms with van der Waals surface area (Å²) in [6.45, 7) is 1.93. The fourth-order valence-electron chi connectivity index (χ4n) is 5.77. The number of fused-ring (bicyclic) bond motifs is 1. The smallest absolute Gasteiger partial charge is 0.332 e. The first-order valence-corrected chi connectivity index (χ1v) is 13.1. The second kappa shape index (κ2) is 10.8. The van der Waals surface area contributed by atoms with Gasteiger partial charge in [-0.1, -0.05) is 45.4 Å². The molecule has 0 saturated heterocycles. The third-order valence-electron chi connectivity index (χ3n) is 7.68. The molecule has 1 unspecified atom stereocenters. The monoisotopic (exact) mass is 486 g/mol. The van der Waals surface area contributed by atoms with E-state index in [-0.39, 0.29) is 41.6 Å². The molecule has 1 atom stereocenters. The van der Waals surface area contributed by atoms with Crippen molar-refractivity contribution in [2.24, 2.45) is 14.1 Å². The minimum atomic E-state index is -0.528. The van der Waals surface area contributed by atoms with Gasteiger partial charge in [0.05, 0.1) is 6.33 Å². The summed E-state index contributed by atoms with van der Waals surface area (Å²) in [7, 11) is 2.97. The summed E-state index contributed by atoms with van der Waals surface area (Å²) < 4.78 is 3.85. The number of amides is 2. The van der Waals surface area contributed by atoms with E-state index in [1.54, 1.807) is 11.9 Å². The van der Waals surface area contributed by atoms with Crippen molar-refractivity contribution in [2.75, 3.05) is 0 Å². The highest BCUT2D eigenvalue weighted by molar-refractivity contribution is 5.88. The van der Waals surface area contributed by atoms with Gasteiger partial charge in [0.2, 0.25) is 11.8 Å². The van der Waals surface area contributed by atoms with Crippen LogP contribution in [0.25, 0.3) is 11.2 Å². The molecular formula is C25H38N6O4. The number of nitrogens with one attached hydrogen (secondary N) is 1. The molecule has 10 nitrogen and oxygen atoms in total. The Bertz CT molecular complexity index is 1180. The number of aryl methyl sites for hydroxylation is 1. The molecular weight excluding hydrogens is 448 g/mol. The van der Waals surface area contributed by atoms with Crippen LogP contribution < -0.4 is 16.6 Å². The summed E-state index contributed by atoms with van der Waals surface area (Å²) in [6.07, 6.45) is 12.1. The van der Waals surface area contributed by atoms with Gasteiger partial charge < -0.3 is 14.8 Å². The second-order valence-corrected chi connectivity index (χ2v) is 10.1. The van der Waals surface area contributed by atoms with E-state index in [1.807, 2.05) is 6.92 Å². The molecule has 2 heterocycles. The fraction of sp³-hybridized carbons (Fsp3) is 0.720. The van der Waals surface area contributed by atoms with E-state index in [4.69, 9.17) is 0 Å². The van der Waals surface area contributed by atoms with E-state index in [0.29, 0.717) is 6.42 Å². The van der Waals surface area contributed by atoms with Gasteiger partial charge in [0.1, 0.15) is 12.6 Å². The van der Waals surface area contributed by atoms with Crippen LogP contribution in [0.3, 0.4) is 0 Å². The highest BCUT2D eigenvalue weighted by Gasteiger charge is 2.37. The Morgan fingerprint density at radius 2 is 1.71 bits per heavy atom. The van der Waals surface area contributed by atoms with Crippen LogP contribution in [-0.2, 0) is 30.2 Å². The summed E-state index contributed by atoms with van der Waals surface area (Å²) in [5.74, 6) is -0.253. The number of rotatable bonds is 8. The maximum Gasteiger partial charge on any atom is 0.332 e. The zero-order chi connectivity index (χ0) is 25.1. The van der Waals surface area contributed by atoms with E-state index >= 15 is 0 Å². The minimum Gasteiger partial charge on any atom is -0.352 e. The topological polar surface area (TPSA) is 111 Å². The zero-order valence-corrected chi connectivity index (χ0v) is 21.2. The largest absolute Gasteiger partial charge is 0.352 e. The maximum absolute atomic E-state index is 13.8. The van der Waals surface area contributed by atoms with Gasteiger partial charge in [-0.15, -0.1) is 0 Å². The molecule has 4 rings (SSSR count). The van der Waals surface area contributed by atoms with Crippen LogP contribution in [0, 0.1) is 0 Å². The first-order valence-electron chi connectivity index (χ1n) is 13.1. The number of imidazole rings is 1. The normalized spacial score (nSPS) is 18.1. The van der Waals surface area contributed by atoms with Crippen molar-refractivity contribution >= 4 is 23.0 Å². The Kier molecular flexibility index (Phi) is 7.76. The molecule has 2 aromatic rings. The van der Waals surface area contributed by atoms with E-state index in [2.05, 4.69) is 10.3 Å². The predicted molar refractivity (Wildman–Crippen MR) is 133 cm³/mol. The Morgan fingerprint density at radius 3 is 2.37 bits per heavy atom. The molecule has 2 aliphatic carbocycles. The van der Waals surface area contributed by atoms with Crippen LogP contribution in [-0.4, -0.2) is 53.5 Å². The number of hydrogen-bond donors (Lipinski definition) is 1. The molecule has 10 heteroatoms. The summed E-state index contributed by atoms with van der Waals surface area (Å²) in [5, 5.41) is 3.24. The van der Waals surface area contributed by atoms with E-state index in [1.165, 1.54) is 28.9 Å². The van der Waals surface area contributed by atoms with Gasteiger partial charge in [-0.25, -0.2) is 9.78 Å². The third-order valence-corrected chi connectivity index (χ3v) is 7.68. The molecule has 0 spiro atoms. The zero-order valence-electron chi connectivity index (χ0n) is 21.2. The molecule has 2 aliphatic rings. The van der Waals surface area contributed by atoms with Crippen LogP contribution >= 0.6 is 0 Å². The highest BCUT2D eigenvalue weighted by atomic mass is 16.2. The fourth-order valence-corrected chi connectivity index (χ4v) is 5.77. The molecule has 192 valence electrons. The van der Waals surface area contributed by atoms with Crippen molar-refractivity contribution in [3.8, 4) is 0 Å². The average Bonchev–Trinajstić information content (AvgIpc) is 3.52. The maximum atomic E-state index is 13.8. The lowest BCUT2D eigenvalue weighted by atomic mass is 9.95. The quantitative estimate of drug-likeness (QED) is 0.612. The second-order valence-electron chi connectivity index (χ2n) is 10.1. The van der Waals surface area contributed by atoms with Gasteiger partial charge in [-0.05, 0) is 32.1 Å². The Labute approximate surface area is 205 Å². The van der Waals surface area contributed by atoms with Gasteiger partial charge in [0.25, 0.3) is 5.56 Å². The van der Waals surface area contributed by atoms with Crippen LogP contribution in [0.2, 0.25) is 0 Å². The molecule has 2 aromatic heterocycles. The number of carbonyl (C=O) groups is 2. The average molecular weight is 487 g/mol. The first-order chi connectivity index (χ1) is 16.8. The Balaban J connectivity index is 1.64. The van der Waals surface area contributed by atoms with Crippen LogP contribution in [0.4, 0.5) is 0 Å². The van der Waals surface area contributed by atoms with Crippen LogP contribution in [0.1, 0.15) is 77.6 Å². The molecule has 2 fully saturated rings. The summed E-state index contributed by atoms with van der Waals surface area (Å²) in [5.41, 5.74) is -0.485. The third kappa shape index (κ3) is 5.06. The molecule has 1 N–H and O–H groups in total. The van der Waals surface area contributed by atoms with Gasteiger partial charge in [0.15, 0.2) is 11.2 Å². The summed E-state index contributed by atoms with van der Waals surface area (Å²) in [6, 6.07) is -0.337.